The van der Waals surface area contributed by atoms with Crippen molar-refractivity contribution in [1.82, 2.24) is 19.8 Å². The second kappa shape index (κ2) is 5.13. The first kappa shape index (κ1) is 12.3. The number of hydrogen-bond acceptors (Lipinski definition) is 5. The van der Waals surface area contributed by atoms with Gasteiger partial charge in [-0.1, -0.05) is 0 Å². The minimum atomic E-state index is 0.00865. The van der Waals surface area contributed by atoms with Gasteiger partial charge in [-0.3, -0.25) is 4.79 Å². The number of amides is 1. The van der Waals surface area contributed by atoms with E-state index < -0.39 is 0 Å². The zero-order chi connectivity index (χ0) is 13.2. The maximum absolute atomic E-state index is 12.3. The summed E-state index contributed by atoms with van der Waals surface area (Å²) >= 11 is 0. The largest absolute Gasteiger partial charge is 0.351 e. The van der Waals surface area contributed by atoms with E-state index >= 15 is 0 Å². The number of anilines is 1. The molecule has 1 aliphatic heterocycles. The molecule has 1 saturated carbocycles. The third kappa shape index (κ3) is 3.01. The predicted molar refractivity (Wildman–Crippen MR) is 72.1 cm³/mol. The third-order valence-corrected chi connectivity index (χ3v) is 3.58. The van der Waals surface area contributed by atoms with E-state index in [1.807, 2.05) is 4.90 Å². The van der Waals surface area contributed by atoms with Gasteiger partial charge in [0, 0.05) is 38.4 Å². The minimum Gasteiger partial charge on any atom is -0.351 e. The van der Waals surface area contributed by atoms with Gasteiger partial charge in [-0.05, 0) is 26.0 Å². The molecule has 1 aromatic rings. The van der Waals surface area contributed by atoms with E-state index in [0.717, 1.165) is 26.2 Å². The van der Waals surface area contributed by atoms with Gasteiger partial charge >= 0.3 is 0 Å². The zero-order valence-electron chi connectivity index (χ0n) is 11.2. The second-order valence-electron chi connectivity index (χ2n) is 5.28. The fourth-order valence-corrected chi connectivity index (χ4v) is 2.13. The molecule has 1 aromatic heterocycles. The first-order chi connectivity index (χ1) is 9.22. The highest BCUT2D eigenvalue weighted by atomic mass is 16.2. The van der Waals surface area contributed by atoms with Crippen LogP contribution in [0, 0.1) is 0 Å². The molecule has 1 saturated heterocycles. The number of rotatable bonds is 3. The number of likely N-dealkylation sites (N-methyl/N-ethyl adjacent to an activating group) is 1. The number of hydrogen-bond donors (Lipinski definition) is 1. The van der Waals surface area contributed by atoms with Gasteiger partial charge in [0.2, 0.25) is 5.95 Å². The Balaban J connectivity index is 1.68. The average molecular weight is 261 g/mol. The van der Waals surface area contributed by atoms with E-state index in [0.29, 0.717) is 17.7 Å². The molecule has 2 heterocycles. The van der Waals surface area contributed by atoms with Crippen molar-refractivity contribution in [2.75, 3.05) is 38.5 Å². The van der Waals surface area contributed by atoms with Crippen LogP contribution in [0.1, 0.15) is 23.3 Å². The number of nitrogens with zero attached hydrogens (tertiary/aromatic N) is 4. The van der Waals surface area contributed by atoms with Crippen LogP contribution in [-0.4, -0.2) is 64.9 Å². The molecule has 6 heteroatoms. The van der Waals surface area contributed by atoms with Gasteiger partial charge in [-0.2, -0.15) is 0 Å². The average Bonchev–Trinajstić information content (AvgIpc) is 3.23. The van der Waals surface area contributed by atoms with Crippen LogP contribution in [0.3, 0.4) is 0 Å². The number of carbonyl (C=O) groups excluding carboxylic acids is 1. The van der Waals surface area contributed by atoms with Crippen LogP contribution >= 0.6 is 0 Å². The maximum Gasteiger partial charge on any atom is 0.272 e. The van der Waals surface area contributed by atoms with E-state index in [1.165, 1.54) is 12.8 Å². The summed E-state index contributed by atoms with van der Waals surface area (Å²) in [7, 11) is 2.07. The summed E-state index contributed by atoms with van der Waals surface area (Å²) in [5.41, 5.74) is 0.489. The lowest BCUT2D eigenvalue weighted by Gasteiger charge is -2.32. The molecule has 0 atom stereocenters. The molecule has 1 N–H and O–H groups in total. The van der Waals surface area contributed by atoms with E-state index in [-0.39, 0.29) is 5.91 Å². The van der Waals surface area contributed by atoms with Gasteiger partial charge in [0.15, 0.2) is 0 Å². The van der Waals surface area contributed by atoms with Crippen molar-refractivity contribution >= 4 is 11.9 Å². The molecule has 6 nitrogen and oxygen atoms in total. The molecule has 3 rings (SSSR count). The number of piperazine rings is 1. The van der Waals surface area contributed by atoms with Gasteiger partial charge in [-0.25, -0.2) is 9.97 Å². The Morgan fingerprint density at radius 3 is 2.74 bits per heavy atom. The smallest absolute Gasteiger partial charge is 0.272 e. The third-order valence-electron chi connectivity index (χ3n) is 3.58. The Labute approximate surface area is 112 Å². The Morgan fingerprint density at radius 1 is 1.32 bits per heavy atom. The summed E-state index contributed by atoms with van der Waals surface area (Å²) in [6.07, 6.45) is 3.99. The van der Waals surface area contributed by atoms with Gasteiger partial charge < -0.3 is 15.1 Å². The fourth-order valence-electron chi connectivity index (χ4n) is 2.13. The molecular formula is C13H19N5O. The maximum atomic E-state index is 12.3. The Hall–Kier alpha value is -1.69. The molecule has 19 heavy (non-hydrogen) atoms. The topological polar surface area (TPSA) is 61.4 Å². The van der Waals surface area contributed by atoms with Crippen LogP contribution in [0.25, 0.3) is 0 Å². The standard InChI is InChI=1S/C13H19N5O/c1-17-6-8-18(9-7-17)12(19)11-4-5-14-13(16-11)15-10-2-3-10/h4-5,10H,2-3,6-9H2,1H3,(H,14,15,16). The van der Waals surface area contributed by atoms with Gasteiger partial charge in [0.1, 0.15) is 5.69 Å². The van der Waals surface area contributed by atoms with E-state index in [9.17, 15) is 4.79 Å². The van der Waals surface area contributed by atoms with E-state index in [1.54, 1.807) is 12.3 Å². The van der Waals surface area contributed by atoms with E-state index in [2.05, 4.69) is 27.2 Å². The molecule has 0 aromatic carbocycles. The SMILES string of the molecule is CN1CCN(C(=O)c2ccnc(NC3CC3)n2)CC1. The second-order valence-corrected chi connectivity index (χ2v) is 5.28. The van der Waals surface area contributed by atoms with Crippen molar-refractivity contribution < 1.29 is 4.79 Å². The van der Waals surface area contributed by atoms with Crippen molar-refractivity contribution in [3.05, 3.63) is 18.0 Å². The highest BCUT2D eigenvalue weighted by molar-refractivity contribution is 5.92. The van der Waals surface area contributed by atoms with Crippen molar-refractivity contribution in [1.29, 1.82) is 0 Å². The van der Waals surface area contributed by atoms with Crippen molar-refractivity contribution in [2.45, 2.75) is 18.9 Å². The lowest BCUT2D eigenvalue weighted by molar-refractivity contribution is 0.0658. The molecule has 0 bridgehead atoms. The highest BCUT2D eigenvalue weighted by Gasteiger charge is 2.24. The van der Waals surface area contributed by atoms with Crippen LogP contribution in [0.4, 0.5) is 5.95 Å². The lowest BCUT2D eigenvalue weighted by Crippen LogP contribution is -2.47. The van der Waals surface area contributed by atoms with Crippen LogP contribution in [0.2, 0.25) is 0 Å². The Bertz CT molecular complexity index is 466. The highest BCUT2D eigenvalue weighted by Crippen LogP contribution is 2.22. The number of nitrogens with one attached hydrogen (secondary N) is 1. The Kier molecular flexibility index (Phi) is 3.33. The molecule has 0 unspecified atom stereocenters. The summed E-state index contributed by atoms with van der Waals surface area (Å²) in [4.78, 5) is 24.9. The summed E-state index contributed by atoms with van der Waals surface area (Å²) in [6.45, 7) is 3.38. The minimum absolute atomic E-state index is 0.00865. The van der Waals surface area contributed by atoms with Gasteiger partial charge in [0.25, 0.3) is 5.91 Å². The zero-order valence-corrected chi connectivity index (χ0v) is 11.2. The van der Waals surface area contributed by atoms with Crippen molar-refractivity contribution in [3.63, 3.8) is 0 Å². The van der Waals surface area contributed by atoms with Crippen molar-refractivity contribution in [2.24, 2.45) is 0 Å². The summed E-state index contributed by atoms with van der Waals surface area (Å²) in [5, 5.41) is 3.22. The van der Waals surface area contributed by atoms with Gasteiger partial charge in [-0.15, -0.1) is 0 Å². The summed E-state index contributed by atoms with van der Waals surface area (Å²) in [6, 6.07) is 2.19. The molecule has 0 spiro atoms. The molecule has 102 valence electrons. The van der Waals surface area contributed by atoms with Crippen LogP contribution in [0.5, 0.6) is 0 Å². The summed E-state index contributed by atoms with van der Waals surface area (Å²) in [5.74, 6) is 0.580. The first-order valence-electron chi connectivity index (χ1n) is 6.80. The van der Waals surface area contributed by atoms with Crippen LogP contribution < -0.4 is 5.32 Å². The predicted octanol–water partition coefficient (Wildman–Crippen LogP) is 0.438. The molecule has 1 aliphatic carbocycles. The van der Waals surface area contributed by atoms with E-state index in [4.69, 9.17) is 0 Å². The number of aromatic nitrogens is 2. The summed E-state index contributed by atoms with van der Waals surface area (Å²) < 4.78 is 0. The Morgan fingerprint density at radius 2 is 2.05 bits per heavy atom. The molecular weight excluding hydrogens is 242 g/mol. The van der Waals surface area contributed by atoms with Gasteiger partial charge in [0.05, 0.1) is 0 Å². The van der Waals surface area contributed by atoms with Crippen LogP contribution in [-0.2, 0) is 0 Å². The molecule has 2 aliphatic rings. The lowest BCUT2D eigenvalue weighted by atomic mass is 10.3. The molecule has 0 radical (unpaired) electrons. The quantitative estimate of drug-likeness (QED) is 0.855. The number of carbonyl (C=O) groups is 1. The normalized spacial score (nSPS) is 20.4. The monoisotopic (exact) mass is 261 g/mol. The van der Waals surface area contributed by atoms with Crippen molar-refractivity contribution in [3.8, 4) is 0 Å². The molecule has 1 amide bonds. The molecule has 2 fully saturated rings. The fraction of sp³-hybridized carbons (Fsp3) is 0.615. The van der Waals surface area contributed by atoms with Crippen LogP contribution in [0.15, 0.2) is 12.3 Å². The first-order valence-corrected chi connectivity index (χ1v) is 6.80.